The zero-order chi connectivity index (χ0) is 17.6. The van der Waals surface area contributed by atoms with E-state index < -0.39 is 0 Å². The molecule has 1 aromatic carbocycles. The molecule has 2 heterocycles. The van der Waals surface area contributed by atoms with Gasteiger partial charge in [0.25, 0.3) is 0 Å². The molecule has 0 aromatic heterocycles. The third-order valence-electron chi connectivity index (χ3n) is 5.97. The zero-order valence-corrected chi connectivity index (χ0v) is 15.9. The van der Waals surface area contributed by atoms with Gasteiger partial charge >= 0.3 is 0 Å². The van der Waals surface area contributed by atoms with Crippen LogP contribution in [0, 0.1) is 5.92 Å². The molecule has 138 valence electrons. The smallest absolute Gasteiger partial charge is 0.225 e. The van der Waals surface area contributed by atoms with Crippen molar-refractivity contribution in [3.63, 3.8) is 0 Å². The number of piperidine rings is 1. The maximum absolute atomic E-state index is 12.8. The number of benzene rings is 1. The Kier molecular flexibility index (Phi) is 6.49. The summed E-state index contributed by atoms with van der Waals surface area (Å²) in [5.74, 6) is 1.21. The van der Waals surface area contributed by atoms with Gasteiger partial charge in [-0.25, -0.2) is 0 Å². The number of hydrogen-bond donors (Lipinski definition) is 0. The third-order valence-corrected chi connectivity index (χ3v) is 5.97. The lowest BCUT2D eigenvalue weighted by Gasteiger charge is -2.38. The van der Waals surface area contributed by atoms with E-state index in [2.05, 4.69) is 58.9 Å². The molecule has 1 amide bonds. The first kappa shape index (κ1) is 18.4. The summed E-state index contributed by atoms with van der Waals surface area (Å²) >= 11 is 0. The van der Waals surface area contributed by atoms with E-state index in [0.717, 1.165) is 65.2 Å². The molecule has 0 N–H and O–H groups in total. The number of carbonyl (C=O) groups excluding carboxylic acids is 1. The van der Waals surface area contributed by atoms with Crippen LogP contribution in [0.25, 0.3) is 0 Å². The van der Waals surface area contributed by atoms with Crippen LogP contribution in [-0.2, 0) is 4.79 Å². The van der Waals surface area contributed by atoms with Crippen LogP contribution in [0.3, 0.4) is 0 Å². The summed E-state index contributed by atoms with van der Waals surface area (Å²) in [4.78, 5) is 19.9. The van der Waals surface area contributed by atoms with Gasteiger partial charge in [-0.3, -0.25) is 4.79 Å². The Bertz CT molecular complexity index is 531. The van der Waals surface area contributed by atoms with E-state index in [0.29, 0.717) is 11.8 Å². The number of amides is 1. The van der Waals surface area contributed by atoms with Gasteiger partial charge in [-0.15, -0.1) is 0 Å². The largest absolute Gasteiger partial charge is 0.340 e. The number of likely N-dealkylation sites (tertiary alicyclic amines) is 1. The molecule has 0 aliphatic carbocycles. The predicted molar refractivity (Wildman–Crippen MR) is 103 cm³/mol. The SMILES string of the molecule is CCN1CCN(C(=O)C2CCN(C[C@@H](C)c3ccccc3)CC2)CC1. The van der Waals surface area contributed by atoms with Gasteiger partial charge in [-0.1, -0.05) is 44.2 Å². The van der Waals surface area contributed by atoms with Crippen molar-refractivity contribution in [2.75, 3.05) is 52.4 Å². The Balaban J connectivity index is 1.43. The van der Waals surface area contributed by atoms with Gasteiger partial charge in [0.05, 0.1) is 0 Å². The first-order valence-electron chi connectivity index (χ1n) is 9.95. The fraction of sp³-hybridized carbons (Fsp3) is 0.667. The average Bonchev–Trinajstić information content (AvgIpc) is 2.69. The first-order valence-corrected chi connectivity index (χ1v) is 9.95. The van der Waals surface area contributed by atoms with E-state index in [1.807, 2.05) is 0 Å². The van der Waals surface area contributed by atoms with Gasteiger partial charge in [-0.05, 0) is 44.0 Å². The highest BCUT2D eigenvalue weighted by Crippen LogP contribution is 2.23. The van der Waals surface area contributed by atoms with Gasteiger partial charge in [0.15, 0.2) is 0 Å². The van der Waals surface area contributed by atoms with Crippen molar-refractivity contribution in [2.24, 2.45) is 5.92 Å². The van der Waals surface area contributed by atoms with Crippen LogP contribution in [0.1, 0.15) is 38.2 Å². The van der Waals surface area contributed by atoms with Crippen LogP contribution in [0.2, 0.25) is 0 Å². The van der Waals surface area contributed by atoms with Crippen LogP contribution in [-0.4, -0.2) is 73.0 Å². The Morgan fingerprint density at radius 3 is 2.24 bits per heavy atom. The number of rotatable bonds is 5. The lowest BCUT2D eigenvalue weighted by atomic mass is 9.93. The minimum absolute atomic E-state index is 0.247. The van der Waals surface area contributed by atoms with Crippen molar-refractivity contribution < 1.29 is 4.79 Å². The van der Waals surface area contributed by atoms with E-state index in [9.17, 15) is 4.79 Å². The molecule has 0 spiro atoms. The summed E-state index contributed by atoms with van der Waals surface area (Å²) < 4.78 is 0. The summed E-state index contributed by atoms with van der Waals surface area (Å²) in [7, 11) is 0. The Morgan fingerprint density at radius 1 is 1.00 bits per heavy atom. The zero-order valence-electron chi connectivity index (χ0n) is 15.9. The molecular formula is C21H33N3O. The van der Waals surface area contributed by atoms with Crippen molar-refractivity contribution in [1.29, 1.82) is 0 Å². The second-order valence-corrected chi connectivity index (χ2v) is 7.65. The maximum Gasteiger partial charge on any atom is 0.225 e. The van der Waals surface area contributed by atoms with E-state index in [-0.39, 0.29) is 5.92 Å². The topological polar surface area (TPSA) is 26.8 Å². The van der Waals surface area contributed by atoms with Gasteiger partial charge in [0.1, 0.15) is 0 Å². The highest BCUT2D eigenvalue weighted by Gasteiger charge is 2.30. The van der Waals surface area contributed by atoms with Gasteiger partial charge in [0.2, 0.25) is 5.91 Å². The van der Waals surface area contributed by atoms with Crippen LogP contribution >= 0.6 is 0 Å². The van der Waals surface area contributed by atoms with Crippen molar-refractivity contribution in [3.8, 4) is 0 Å². The molecular weight excluding hydrogens is 310 g/mol. The Morgan fingerprint density at radius 2 is 1.64 bits per heavy atom. The fourth-order valence-corrected chi connectivity index (χ4v) is 4.18. The van der Waals surface area contributed by atoms with Crippen LogP contribution in [0.15, 0.2) is 30.3 Å². The minimum Gasteiger partial charge on any atom is -0.340 e. The summed E-state index contributed by atoms with van der Waals surface area (Å²) in [5, 5.41) is 0. The van der Waals surface area contributed by atoms with Gasteiger partial charge in [-0.2, -0.15) is 0 Å². The van der Waals surface area contributed by atoms with Crippen molar-refractivity contribution >= 4 is 5.91 Å². The van der Waals surface area contributed by atoms with Crippen LogP contribution < -0.4 is 0 Å². The lowest BCUT2D eigenvalue weighted by molar-refractivity contribution is -0.138. The molecule has 2 aliphatic rings. The normalized spacial score (nSPS) is 22.1. The van der Waals surface area contributed by atoms with E-state index in [4.69, 9.17) is 0 Å². The van der Waals surface area contributed by atoms with Gasteiger partial charge in [0, 0.05) is 38.6 Å². The molecule has 25 heavy (non-hydrogen) atoms. The standard InChI is InChI=1S/C21H33N3O/c1-3-22-13-15-24(16-14-22)21(25)20-9-11-23(12-10-20)17-18(2)19-7-5-4-6-8-19/h4-8,18,20H,3,9-17H2,1-2H3/t18-/m1/s1. The number of carbonyl (C=O) groups is 1. The summed E-state index contributed by atoms with van der Waals surface area (Å²) in [5.41, 5.74) is 1.41. The summed E-state index contributed by atoms with van der Waals surface area (Å²) in [6, 6.07) is 10.8. The number of piperazine rings is 1. The minimum atomic E-state index is 0.247. The van der Waals surface area contributed by atoms with Gasteiger partial charge < -0.3 is 14.7 Å². The average molecular weight is 344 g/mol. The van der Waals surface area contributed by atoms with Crippen LogP contribution in [0.5, 0.6) is 0 Å². The molecule has 3 rings (SSSR count). The van der Waals surface area contributed by atoms with Crippen molar-refractivity contribution in [3.05, 3.63) is 35.9 Å². The first-order chi connectivity index (χ1) is 12.2. The van der Waals surface area contributed by atoms with Crippen LogP contribution in [0.4, 0.5) is 0 Å². The monoisotopic (exact) mass is 343 g/mol. The Hall–Kier alpha value is -1.39. The molecule has 0 saturated carbocycles. The fourth-order valence-electron chi connectivity index (χ4n) is 4.18. The molecule has 1 aromatic rings. The number of nitrogens with zero attached hydrogens (tertiary/aromatic N) is 3. The second kappa shape index (κ2) is 8.81. The van der Waals surface area contributed by atoms with Crippen molar-refractivity contribution in [1.82, 2.24) is 14.7 Å². The molecule has 2 aliphatic heterocycles. The van der Waals surface area contributed by atoms with E-state index in [1.54, 1.807) is 0 Å². The molecule has 0 unspecified atom stereocenters. The number of hydrogen-bond acceptors (Lipinski definition) is 3. The summed E-state index contributed by atoms with van der Waals surface area (Å²) in [6.45, 7) is 12.7. The number of likely N-dealkylation sites (N-methyl/N-ethyl adjacent to an activating group) is 1. The van der Waals surface area contributed by atoms with E-state index in [1.165, 1.54) is 5.56 Å². The molecule has 4 nitrogen and oxygen atoms in total. The predicted octanol–water partition coefficient (Wildman–Crippen LogP) is 2.67. The molecule has 4 heteroatoms. The lowest BCUT2D eigenvalue weighted by Crippen LogP contribution is -2.51. The molecule has 1 atom stereocenters. The molecule has 2 saturated heterocycles. The maximum atomic E-state index is 12.8. The second-order valence-electron chi connectivity index (χ2n) is 7.65. The Labute approximate surface area is 152 Å². The van der Waals surface area contributed by atoms with E-state index >= 15 is 0 Å². The third kappa shape index (κ3) is 4.83. The highest BCUT2D eigenvalue weighted by atomic mass is 16.2. The molecule has 0 radical (unpaired) electrons. The van der Waals surface area contributed by atoms with Crippen molar-refractivity contribution in [2.45, 2.75) is 32.6 Å². The highest BCUT2D eigenvalue weighted by molar-refractivity contribution is 5.79. The quantitative estimate of drug-likeness (QED) is 0.822. The molecule has 0 bridgehead atoms. The summed E-state index contributed by atoms with van der Waals surface area (Å²) in [6.07, 6.45) is 2.04. The molecule has 2 fully saturated rings.